The number of pyridine rings is 1. The summed E-state index contributed by atoms with van der Waals surface area (Å²) in [6.07, 6.45) is 49.9. The summed E-state index contributed by atoms with van der Waals surface area (Å²) in [4.78, 5) is 52.1. The molecule has 0 aliphatic rings. The molecule has 0 atom stereocenters. The SMILES string of the molecule is c1c[nH]cn1.c1cc[nH]c1.c1cc[nH]c1.c1ccncc1.c1ccoc1.c1ccsc1.c1cn[nH]c1.c1cnccn1.c1cncnc1.c1cocn1.c1cscn1.c1ncncn1.c1ncon1.c1nnco1. The van der Waals surface area contributed by atoms with E-state index in [1.165, 1.54) is 63.5 Å². The van der Waals surface area contributed by atoms with E-state index in [0.29, 0.717) is 0 Å². The molecule has 0 saturated carbocycles. The van der Waals surface area contributed by atoms with Gasteiger partial charge in [0.1, 0.15) is 31.6 Å². The van der Waals surface area contributed by atoms with Crippen LogP contribution in [0.4, 0.5) is 0 Å². The van der Waals surface area contributed by atoms with E-state index in [1.807, 2.05) is 114 Å². The van der Waals surface area contributed by atoms with Crippen LogP contribution in [0.1, 0.15) is 0 Å². The van der Waals surface area contributed by atoms with Gasteiger partial charge in [0.2, 0.25) is 19.2 Å². The summed E-state index contributed by atoms with van der Waals surface area (Å²) in [5.41, 5.74) is 1.79. The predicted molar refractivity (Wildman–Crippen MR) is 277 cm³/mol. The number of oxazole rings is 1. The van der Waals surface area contributed by atoms with Crippen molar-refractivity contribution in [2.24, 2.45) is 0 Å². The van der Waals surface area contributed by atoms with Gasteiger partial charge in [-0.3, -0.25) is 25.0 Å². The van der Waals surface area contributed by atoms with Crippen LogP contribution >= 0.6 is 22.7 Å². The lowest BCUT2D eigenvalue weighted by Crippen LogP contribution is -1.73. The van der Waals surface area contributed by atoms with Crippen LogP contribution in [0.15, 0.2) is 312 Å². The standard InChI is InChI=1S/C5H5N.2C4H4N2.2C4H5N.C4H4O.C4H4S.C3H3N3.2C3H4N2.C3H3NO.C3H3NS.2C2H2N2O/c1-2-4-6-5-3-1;1-2-6-4-3-5-1;1-2-5-4-6-3-1;4*1-2-4-5-3-1;1-4-2-6-3-5-1;1-2-5-3-4-1;1-2-4-5-3-1;2*1-2-5-3-4-1;1-3-4-2-5-1;1-3-2-5-4-1/h1-5H;2*1-4H;2*1-5H;2*1-4H;1-3H;2*1-3H,(H,4,5);2*1-3H;2*1-2H. The summed E-state index contributed by atoms with van der Waals surface area (Å²) in [5.74, 6) is 0. The van der Waals surface area contributed by atoms with Crippen LogP contribution in [0, 0.1) is 0 Å². The van der Waals surface area contributed by atoms with Gasteiger partial charge in [-0.25, -0.2) is 39.9 Å². The Labute approximate surface area is 433 Å². The lowest BCUT2D eigenvalue weighted by Gasteiger charge is -1.70. The number of thiazole rings is 1. The molecule has 14 aromatic rings. The number of nitrogens with zero attached hydrogens (tertiary/aromatic N) is 16. The van der Waals surface area contributed by atoms with Crippen molar-refractivity contribution in [3.8, 4) is 0 Å². The minimum absolute atomic E-state index is 1.26. The Morgan fingerprint density at radius 1 is 0.311 bits per heavy atom. The summed E-state index contributed by atoms with van der Waals surface area (Å²) in [7, 11) is 0. The summed E-state index contributed by atoms with van der Waals surface area (Å²) in [5, 5.41) is 22.1. The molecule has 26 heteroatoms. The number of furan rings is 1. The van der Waals surface area contributed by atoms with Gasteiger partial charge in [-0.1, -0.05) is 23.4 Å². The monoisotopic (exact) mass is 1040 g/mol. The lowest BCUT2D eigenvalue weighted by atomic mass is 10.5. The smallest absolute Gasteiger partial charge is 0.213 e. The average Bonchev–Trinajstić information content (AvgIpc) is 4.33. The van der Waals surface area contributed by atoms with E-state index in [0.717, 1.165) is 0 Å². The quantitative estimate of drug-likeness (QED) is 0.110. The second-order valence-corrected chi connectivity index (χ2v) is 12.6. The fourth-order valence-corrected chi connectivity index (χ4v) is 3.89. The highest BCUT2D eigenvalue weighted by Gasteiger charge is 1.65. The van der Waals surface area contributed by atoms with Crippen molar-refractivity contribution in [3.05, 3.63) is 294 Å². The Morgan fingerprint density at radius 3 is 1.11 bits per heavy atom. The highest BCUT2D eigenvalue weighted by Crippen LogP contribution is 1.91. The lowest BCUT2D eigenvalue weighted by molar-refractivity contribution is 0.416. The zero-order valence-electron chi connectivity index (χ0n) is 39.3. The molecule has 0 saturated heterocycles. The third-order valence-corrected chi connectivity index (χ3v) is 6.99. The molecule has 74 heavy (non-hydrogen) atoms. The Morgan fingerprint density at radius 2 is 0.932 bits per heavy atom. The molecule has 0 aromatic carbocycles. The molecule has 0 bridgehead atoms. The van der Waals surface area contributed by atoms with Crippen LogP contribution in [0.25, 0.3) is 0 Å². The van der Waals surface area contributed by atoms with Gasteiger partial charge in [-0.2, -0.15) is 16.4 Å². The van der Waals surface area contributed by atoms with Gasteiger partial charge >= 0.3 is 0 Å². The third kappa shape index (κ3) is 55.7. The van der Waals surface area contributed by atoms with Crippen LogP contribution in [0.3, 0.4) is 0 Å². The molecule has 14 rings (SSSR count). The molecule has 0 aliphatic carbocycles. The van der Waals surface area contributed by atoms with Gasteiger partial charge in [-0.15, -0.1) is 21.5 Å². The fraction of sp³-hybridized carbons (Fsp3) is 0. The Hall–Kier alpha value is -10.6. The van der Waals surface area contributed by atoms with Gasteiger partial charge in [0, 0.05) is 111 Å². The molecule has 0 spiro atoms. The molecule has 0 unspecified atom stereocenters. The van der Waals surface area contributed by atoms with Crippen molar-refractivity contribution in [1.29, 1.82) is 0 Å². The molecule has 380 valence electrons. The van der Waals surface area contributed by atoms with Crippen molar-refractivity contribution in [2.45, 2.75) is 0 Å². The second-order valence-electron chi connectivity index (χ2n) is 11.0. The van der Waals surface area contributed by atoms with E-state index < -0.39 is 0 Å². The number of hydrogen-bond donors (Lipinski definition) is 4. The normalized spacial score (nSPS) is 8.00. The Kier molecular flexibility index (Phi) is 48.6. The highest BCUT2D eigenvalue weighted by atomic mass is 32.1. The summed E-state index contributed by atoms with van der Waals surface area (Å²) >= 11 is 3.31. The zero-order chi connectivity index (χ0) is 52.3. The number of rotatable bonds is 0. The molecule has 0 radical (unpaired) electrons. The van der Waals surface area contributed by atoms with Gasteiger partial charge in [-0.05, 0) is 71.4 Å². The van der Waals surface area contributed by atoms with Crippen LogP contribution < -0.4 is 0 Å². The molecule has 0 amide bonds. The maximum absolute atomic E-state index is 4.58. The van der Waals surface area contributed by atoms with Gasteiger partial charge in [0.05, 0.1) is 30.6 Å². The molecular formula is C48H52N20O4S2. The maximum Gasteiger partial charge on any atom is 0.213 e. The average molecular weight is 1040 g/mol. The fourth-order valence-electron chi connectivity index (χ4n) is 3.09. The van der Waals surface area contributed by atoms with Gasteiger partial charge in [0.15, 0.2) is 12.7 Å². The predicted octanol–water partition coefficient (Wildman–Crippen LogP) is 9.74. The first-order chi connectivity index (χ1) is 37.0. The first-order valence-corrected chi connectivity index (χ1v) is 22.7. The van der Waals surface area contributed by atoms with Crippen LogP contribution in [0.2, 0.25) is 0 Å². The number of H-pyrrole nitrogens is 4. The van der Waals surface area contributed by atoms with Crippen molar-refractivity contribution >= 4 is 22.7 Å². The highest BCUT2D eigenvalue weighted by molar-refractivity contribution is 7.07. The van der Waals surface area contributed by atoms with Crippen molar-refractivity contribution in [1.82, 2.24) is 100 Å². The maximum atomic E-state index is 4.58. The Bertz CT molecular complexity index is 1860. The number of hydrogen-bond acceptors (Lipinski definition) is 22. The van der Waals surface area contributed by atoms with Crippen LogP contribution in [0.5, 0.6) is 0 Å². The number of nitrogens with one attached hydrogen (secondary N) is 4. The van der Waals surface area contributed by atoms with Crippen molar-refractivity contribution in [2.75, 3.05) is 0 Å². The third-order valence-electron chi connectivity index (χ3n) is 5.84. The first-order valence-electron chi connectivity index (χ1n) is 20.8. The van der Waals surface area contributed by atoms with E-state index >= 15 is 0 Å². The summed E-state index contributed by atoms with van der Waals surface area (Å²) in [6, 6.07) is 24.8. The molecular weight excluding hydrogens is 985 g/mol. The number of thiophene rings is 1. The minimum atomic E-state index is 1.26. The van der Waals surface area contributed by atoms with Crippen LogP contribution in [-0.4, -0.2) is 100 Å². The van der Waals surface area contributed by atoms with E-state index in [1.54, 1.807) is 140 Å². The topological polar surface area (TPSA) is 322 Å². The summed E-state index contributed by atoms with van der Waals surface area (Å²) in [6.45, 7) is 0. The van der Waals surface area contributed by atoms with Gasteiger partial charge in [0.25, 0.3) is 0 Å². The van der Waals surface area contributed by atoms with E-state index in [9.17, 15) is 0 Å². The van der Waals surface area contributed by atoms with E-state index in [-0.39, 0.29) is 0 Å². The van der Waals surface area contributed by atoms with Crippen molar-refractivity contribution < 1.29 is 17.8 Å². The van der Waals surface area contributed by atoms with Crippen molar-refractivity contribution in [3.63, 3.8) is 0 Å². The molecule has 0 aliphatic heterocycles. The number of aromatic amines is 4. The first kappa shape index (κ1) is 61.4. The number of aromatic nitrogens is 20. The zero-order valence-corrected chi connectivity index (χ0v) is 41.0. The molecule has 0 fully saturated rings. The van der Waals surface area contributed by atoms with E-state index in [2.05, 4.69) is 118 Å². The minimum Gasteiger partial charge on any atom is -0.473 e. The van der Waals surface area contributed by atoms with Crippen LogP contribution in [-0.2, 0) is 0 Å². The van der Waals surface area contributed by atoms with Gasteiger partial charge < -0.3 is 32.7 Å². The molecule has 14 heterocycles. The molecule has 4 N–H and O–H groups in total. The summed E-state index contributed by atoms with van der Waals surface area (Å²) < 4.78 is 17.6. The number of imidazole rings is 1. The Balaban J connectivity index is 0.000000399. The van der Waals surface area contributed by atoms with E-state index in [4.69, 9.17) is 0 Å². The molecule has 24 nitrogen and oxygen atoms in total. The largest absolute Gasteiger partial charge is 0.473 e. The second kappa shape index (κ2) is 58.5. The molecule has 14 aromatic heterocycles.